The van der Waals surface area contributed by atoms with Crippen molar-refractivity contribution in [2.24, 2.45) is 0 Å². The molecule has 24 heavy (non-hydrogen) atoms. The average molecular weight is 332 g/mol. The van der Waals surface area contributed by atoms with E-state index in [4.69, 9.17) is 0 Å². The first-order valence-corrected chi connectivity index (χ1v) is 8.59. The Morgan fingerprint density at radius 2 is 2.04 bits per heavy atom. The zero-order valence-corrected chi connectivity index (χ0v) is 14.0. The van der Waals surface area contributed by atoms with Crippen LogP contribution in [0.2, 0.25) is 0 Å². The van der Waals surface area contributed by atoms with Crippen LogP contribution in [0.3, 0.4) is 0 Å². The summed E-state index contributed by atoms with van der Waals surface area (Å²) < 4.78 is 0. The number of nitrogens with one attached hydrogen (secondary N) is 1. The van der Waals surface area contributed by atoms with Gasteiger partial charge in [-0.3, -0.25) is 10.1 Å². The molecule has 1 aromatic carbocycles. The summed E-state index contributed by atoms with van der Waals surface area (Å²) in [5, 5.41) is 13.9. The second-order valence-electron chi connectivity index (χ2n) is 6.69. The van der Waals surface area contributed by atoms with Gasteiger partial charge in [0.1, 0.15) is 0 Å². The van der Waals surface area contributed by atoms with E-state index >= 15 is 0 Å². The first-order valence-electron chi connectivity index (χ1n) is 8.59. The third kappa shape index (κ3) is 3.67. The highest BCUT2D eigenvalue weighted by Gasteiger charge is 2.31. The van der Waals surface area contributed by atoms with Crippen molar-refractivity contribution in [2.45, 2.75) is 38.6 Å². The van der Waals surface area contributed by atoms with Crippen LogP contribution < -0.4 is 5.32 Å². The summed E-state index contributed by atoms with van der Waals surface area (Å²) in [5.74, 6) is 0. The SMILES string of the molecule is Cc1ccc(NC(=O)N2CCCC2CN2CCCC2)cc1[N+](=O)[O-]. The molecule has 1 unspecified atom stereocenters. The normalized spacial score (nSPS) is 21.2. The Hall–Kier alpha value is -2.15. The Balaban J connectivity index is 1.65. The number of hydrogen-bond donors (Lipinski definition) is 1. The van der Waals surface area contributed by atoms with Crippen molar-refractivity contribution in [1.82, 2.24) is 9.80 Å². The van der Waals surface area contributed by atoms with E-state index in [-0.39, 0.29) is 17.8 Å². The molecule has 0 saturated carbocycles. The van der Waals surface area contributed by atoms with Crippen molar-refractivity contribution in [3.8, 4) is 0 Å². The predicted octanol–water partition coefficient (Wildman–Crippen LogP) is 3.00. The topological polar surface area (TPSA) is 78.7 Å². The number of carbonyl (C=O) groups excluding carboxylic acids is 1. The maximum absolute atomic E-state index is 12.6. The van der Waals surface area contributed by atoms with Gasteiger partial charge in [-0.2, -0.15) is 0 Å². The molecule has 1 aromatic rings. The molecule has 7 nitrogen and oxygen atoms in total. The molecule has 0 spiro atoms. The van der Waals surface area contributed by atoms with Crippen molar-refractivity contribution < 1.29 is 9.72 Å². The number of anilines is 1. The van der Waals surface area contributed by atoms with E-state index in [1.165, 1.54) is 18.9 Å². The number of benzene rings is 1. The first-order chi connectivity index (χ1) is 11.5. The van der Waals surface area contributed by atoms with Crippen LogP contribution in [-0.2, 0) is 0 Å². The summed E-state index contributed by atoms with van der Waals surface area (Å²) in [6.45, 7) is 5.61. The van der Waals surface area contributed by atoms with Crippen LogP contribution >= 0.6 is 0 Å². The molecule has 2 aliphatic heterocycles. The van der Waals surface area contributed by atoms with Crippen molar-refractivity contribution in [3.63, 3.8) is 0 Å². The van der Waals surface area contributed by atoms with Crippen molar-refractivity contribution in [3.05, 3.63) is 33.9 Å². The molecule has 1 N–H and O–H groups in total. The lowest BCUT2D eigenvalue weighted by atomic mass is 10.2. The number of amides is 2. The van der Waals surface area contributed by atoms with Crippen LogP contribution in [-0.4, -0.2) is 53.0 Å². The van der Waals surface area contributed by atoms with Gasteiger partial charge in [0, 0.05) is 36.4 Å². The van der Waals surface area contributed by atoms with E-state index in [1.54, 1.807) is 19.1 Å². The van der Waals surface area contributed by atoms with Gasteiger partial charge in [0.2, 0.25) is 0 Å². The molecule has 2 heterocycles. The van der Waals surface area contributed by atoms with Crippen LogP contribution in [0, 0.1) is 17.0 Å². The van der Waals surface area contributed by atoms with Crippen LogP contribution in [0.25, 0.3) is 0 Å². The highest BCUT2D eigenvalue weighted by molar-refractivity contribution is 5.90. The molecule has 0 radical (unpaired) electrons. The number of rotatable bonds is 4. The molecule has 7 heteroatoms. The van der Waals surface area contributed by atoms with E-state index in [0.717, 1.165) is 39.0 Å². The Morgan fingerprint density at radius 3 is 2.75 bits per heavy atom. The Labute approximate surface area is 141 Å². The summed E-state index contributed by atoms with van der Waals surface area (Å²) in [7, 11) is 0. The smallest absolute Gasteiger partial charge is 0.320 e. The summed E-state index contributed by atoms with van der Waals surface area (Å²) >= 11 is 0. The maximum Gasteiger partial charge on any atom is 0.322 e. The predicted molar refractivity (Wildman–Crippen MR) is 92.3 cm³/mol. The number of nitro groups is 1. The fraction of sp³-hybridized carbons (Fsp3) is 0.588. The molecule has 2 fully saturated rings. The molecule has 2 saturated heterocycles. The molecule has 130 valence electrons. The largest absolute Gasteiger partial charge is 0.322 e. The minimum Gasteiger partial charge on any atom is -0.320 e. The third-order valence-corrected chi connectivity index (χ3v) is 4.96. The summed E-state index contributed by atoms with van der Waals surface area (Å²) in [4.78, 5) is 27.5. The maximum atomic E-state index is 12.6. The van der Waals surface area contributed by atoms with Gasteiger partial charge in [-0.05, 0) is 51.8 Å². The van der Waals surface area contributed by atoms with Gasteiger partial charge in [0.15, 0.2) is 0 Å². The lowest BCUT2D eigenvalue weighted by Crippen LogP contribution is -2.44. The van der Waals surface area contributed by atoms with Gasteiger partial charge < -0.3 is 15.1 Å². The Kier molecular flexibility index (Phi) is 4.99. The quantitative estimate of drug-likeness (QED) is 0.679. The number of carbonyl (C=O) groups is 1. The van der Waals surface area contributed by atoms with Gasteiger partial charge in [0.25, 0.3) is 5.69 Å². The van der Waals surface area contributed by atoms with Gasteiger partial charge in [0.05, 0.1) is 4.92 Å². The van der Waals surface area contributed by atoms with Crippen molar-refractivity contribution in [2.75, 3.05) is 31.5 Å². The summed E-state index contributed by atoms with van der Waals surface area (Å²) in [6, 6.07) is 4.89. The van der Waals surface area contributed by atoms with Crippen LogP contribution in [0.4, 0.5) is 16.2 Å². The number of hydrogen-bond acceptors (Lipinski definition) is 4. The fourth-order valence-electron chi connectivity index (χ4n) is 3.64. The monoisotopic (exact) mass is 332 g/mol. The second-order valence-corrected chi connectivity index (χ2v) is 6.69. The van der Waals surface area contributed by atoms with E-state index in [1.807, 2.05) is 4.90 Å². The average Bonchev–Trinajstić information content (AvgIpc) is 3.21. The first kappa shape index (κ1) is 16.7. The molecule has 0 aromatic heterocycles. The molecule has 2 aliphatic rings. The van der Waals surface area contributed by atoms with Gasteiger partial charge in [-0.1, -0.05) is 6.07 Å². The Morgan fingerprint density at radius 1 is 1.29 bits per heavy atom. The highest BCUT2D eigenvalue weighted by Crippen LogP contribution is 2.25. The molecule has 3 rings (SSSR count). The van der Waals surface area contributed by atoms with Gasteiger partial charge in [-0.25, -0.2) is 4.79 Å². The number of nitro benzene ring substituents is 1. The summed E-state index contributed by atoms with van der Waals surface area (Å²) in [6.07, 6.45) is 4.52. The highest BCUT2D eigenvalue weighted by atomic mass is 16.6. The Bertz CT molecular complexity index is 628. The number of urea groups is 1. The zero-order chi connectivity index (χ0) is 17.1. The standard InChI is InChI=1S/C17H24N4O3/c1-13-6-7-14(11-16(13)21(23)24)18-17(22)20-10-4-5-15(20)12-19-8-2-3-9-19/h6-7,11,15H,2-5,8-10,12H2,1H3,(H,18,22). The molecule has 0 bridgehead atoms. The van der Waals surface area contributed by atoms with Crippen molar-refractivity contribution >= 4 is 17.4 Å². The number of likely N-dealkylation sites (tertiary alicyclic amines) is 2. The molecule has 1 atom stereocenters. The van der Waals surface area contributed by atoms with E-state index in [0.29, 0.717) is 11.3 Å². The molecule has 2 amide bonds. The second kappa shape index (κ2) is 7.17. The fourth-order valence-corrected chi connectivity index (χ4v) is 3.64. The number of aryl methyl sites for hydroxylation is 1. The van der Waals surface area contributed by atoms with Crippen LogP contribution in [0.15, 0.2) is 18.2 Å². The summed E-state index contributed by atoms with van der Waals surface area (Å²) in [5.41, 5.74) is 1.10. The van der Waals surface area contributed by atoms with Gasteiger partial charge in [-0.15, -0.1) is 0 Å². The van der Waals surface area contributed by atoms with Crippen LogP contribution in [0.5, 0.6) is 0 Å². The minimum atomic E-state index is -0.420. The van der Waals surface area contributed by atoms with Crippen LogP contribution in [0.1, 0.15) is 31.2 Å². The minimum absolute atomic E-state index is 0.0304. The molecule has 0 aliphatic carbocycles. The van der Waals surface area contributed by atoms with E-state index < -0.39 is 4.92 Å². The lowest BCUT2D eigenvalue weighted by molar-refractivity contribution is -0.385. The van der Waals surface area contributed by atoms with Crippen molar-refractivity contribution in [1.29, 1.82) is 0 Å². The van der Waals surface area contributed by atoms with Gasteiger partial charge >= 0.3 is 6.03 Å². The zero-order valence-electron chi connectivity index (χ0n) is 14.0. The molecular formula is C17H24N4O3. The third-order valence-electron chi connectivity index (χ3n) is 4.96. The van der Waals surface area contributed by atoms with E-state index in [9.17, 15) is 14.9 Å². The number of nitrogens with zero attached hydrogens (tertiary/aromatic N) is 3. The van der Waals surface area contributed by atoms with E-state index in [2.05, 4.69) is 10.2 Å². The lowest BCUT2D eigenvalue weighted by Gasteiger charge is -2.28. The molecular weight excluding hydrogens is 308 g/mol.